The lowest BCUT2D eigenvalue weighted by atomic mass is 9.67. The average Bonchev–Trinajstić information content (AvgIpc) is 2.79. The normalized spacial score (nSPS) is 23.5. The van der Waals surface area contributed by atoms with E-state index in [0.29, 0.717) is 5.96 Å². The van der Waals surface area contributed by atoms with Crippen molar-refractivity contribution in [2.75, 3.05) is 7.05 Å². The molecule has 0 aromatic heterocycles. The topological polar surface area (TPSA) is 58.7 Å². The molecular weight excluding hydrogens is 310 g/mol. The van der Waals surface area contributed by atoms with Crippen molar-refractivity contribution in [2.24, 2.45) is 16.6 Å². The van der Waals surface area contributed by atoms with E-state index in [0.717, 1.165) is 36.0 Å². The second kappa shape index (κ2) is 5.73. The van der Waals surface area contributed by atoms with Crippen LogP contribution in [0, 0.1) is 12.8 Å². The SMILES string of the molecule is Cc1cccc(-c2cccc([C@]3(C4CCC4)N=C(N)N(C)C3=O)c2)c1. The van der Waals surface area contributed by atoms with E-state index in [-0.39, 0.29) is 11.8 Å². The molecule has 1 aliphatic heterocycles. The smallest absolute Gasteiger partial charge is 0.261 e. The largest absolute Gasteiger partial charge is 0.369 e. The lowest BCUT2D eigenvalue weighted by Crippen LogP contribution is -2.47. The van der Waals surface area contributed by atoms with Crippen LogP contribution < -0.4 is 5.73 Å². The Balaban J connectivity index is 1.84. The van der Waals surface area contributed by atoms with Crippen LogP contribution in [0.5, 0.6) is 0 Å². The van der Waals surface area contributed by atoms with Crippen LogP contribution in [0.1, 0.15) is 30.4 Å². The number of aryl methyl sites for hydroxylation is 1. The summed E-state index contributed by atoms with van der Waals surface area (Å²) in [5.74, 6) is 0.546. The van der Waals surface area contributed by atoms with E-state index in [2.05, 4.69) is 43.3 Å². The quantitative estimate of drug-likeness (QED) is 0.935. The third-order valence-electron chi connectivity index (χ3n) is 5.62. The molecule has 25 heavy (non-hydrogen) atoms. The molecule has 4 nitrogen and oxygen atoms in total. The molecule has 2 aliphatic rings. The van der Waals surface area contributed by atoms with Gasteiger partial charge in [0.2, 0.25) is 0 Å². The Labute approximate surface area is 148 Å². The van der Waals surface area contributed by atoms with Crippen LogP contribution in [0.15, 0.2) is 53.5 Å². The minimum absolute atomic E-state index is 0.00362. The Bertz CT molecular complexity index is 869. The number of benzene rings is 2. The van der Waals surface area contributed by atoms with E-state index < -0.39 is 5.54 Å². The first kappa shape index (κ1) is 15.9. The molecule has 1 heterocycles. The molecule has 2 N–H and O–H groups in total. The number of hydrogen-bond acceptors (Lipinski definition) is 3. The number of amides is 1. The third kappa shape index (κ3) is 2.36. The van der Waals surface area contributed by atoms with Gasteiger partial charge in [0.25, 0.3) is 5.91 Å². The standard InChI is InChI=1S/C21H23N3O/c1-14-6-3-7-15(12-14)16-8-4-11-18(13-16)21(17-9-5-10-17)19(25)24(2)20(22)23-21/h3-4,6-8,11-13,17H,5,9-10H2,1-2H3,(H2,22,23)/t21-/m0/s1. The van der Waals surface area contributed by atoms with E-state index in [4.69, 9.17) is 10.7 Å². The van der Waals surface area contributed by atoms with Crippen molar-refractivity contribution in [1.82, 2.24) is 4.90 Å². The van der Waals surface area contributed by atoms with Gasteiger partial charge in [-0.15, -0.1) is 0 Å². The molecule has 2 aromatic carbocycles. The molecule has 1 aliphatic carbocycles. The van der Waals surface area contributed by atoms with Crippen LogP contribution in [-0.4, -0.2) is 23.8 Å². The fourth-order valence-electron chi connectivity index (χ4n) is 3.94. The molecule has 0 saturated heterocycles. The molecule has 0 spiro atoms. The molecule has 128 valence electrons. The van der Waals surface area contributed by atoms with Gasteiger partial charge >= 0.3 is 0 Å². The first-order valence-corrected chi connectivity index (χ1v) is 8.83. The first-order chi connectivity index (χ1) is 12.0. The maximum atomic E-state index is 13.1. The summed E-state index contributed by atoms with van der Waals surface area (Å²) in [5.41, 5.74) is 9.60. The van der Waals surface area contributed by atoms with E-state index in [9.17, 15) is 4.79 Å². The summed E-state index contributed by atoms with van der Waals surface area (Å²) in [5, 5.41) is 0. The van der Waals surface area contributed by atoms with Crippen LogP contribution in [-0.2, 0) is 10.3 Å². The fourth-order valence-corrected chi connectivity index (χ4v) is 3.94. The van der Waals surface area contributed by atoms with Crippen LogP contribution in [0.3, 0.4) is 0 Å². The lowest BCUT2D eigenvalue weighted by molar-refractivity contribution is -0.133. The minimum Gasteiger partial charge on any atom is -0.369 e. The van der Waals surface area contributed by atoms with Gasteiger partial charge in [-0.05, 0) is 48.4 Å². The number of nitrogens with zero attached hydrogens (tertiary/aromatic N) is 2. The highest BCUT2D eigenvalue weighted by Gasteiger charge is 2.54. The van der Waals surface area contributed by atoms with Crippen molar-refractivity contribution in [2.45, 2.75) is 31.7 Å². The maximum Gasteiger partial charge on any atom is 0.261 e. The lowest BCUT2D eigenvalue weighted by Gasteiger charge is -2.39. The highest BCUT2D eigenvalue weighted by Crippen LogP contribution is 2.48. The van der Waals surface area contributed by atoms with Crippen LogP contribution in [0.4, 0.5) is 0 Å². The molecule has 4 heteroatoms. The molecule has 1 atom stereocenters. The van der Waals surface area contributed by atoms with E-state index in [1.807, 2.05) is 12.1 Å². The van der Waals surface area contributed by atoms with Gasteiger partial charge in [-0.25, -0.2) is 4.99 Å². The maximum absolute atomic E-state index is 13.1. The molecule has 4 rings (SSSR count). The predicted molar refractivity (Wildman–Crippen MR) is 100 cm³/mol. The number of rotatable bonds is 3. The van der Waals surface area contributed by atoms with Gasteiger partial charge in [0.15, 0.2) is 11.5 Å². The number of nitrogens with two attached hydrogens (primary N) is 1. The summed E-state index contributed by atoms with van der Waals surface area (Å²) in [4.78, 5) is 19.3. The zero-order valence-electron chi connectivity index (χ0n) is 14.7. The van der Waals surface area contributed by atoms with Gasteiger partial charge in [0, 0.05) is 7.05 Å². The zero-order valence-corrected chi connectivity index (χ0v) is 14.7. The van der Waals surface area contributed by atoms with Crippen molar-refractivity contribution < 1.29 is 4.79 Å². The van der Waals surface area contributed by atoms with E-state index in [1.54, 1.807) is 7.05 Å². The van der Waals surface area contributed by atoms with Crippen LogP contribution in [0.2, 0.25) is 0 Å². The molecule has 1 fully saturated rings. The molecule has 2 aromatic rings. The summed E-state index contributed by atoms with van der Waals surface area (Å²) in [6, 6.07) is 16.6. The summed E-state index contributed by atoms with van der Waals surface area (Å²) in [6.45, 7) is 2.09. The zero-order chi connectivity index (χ0) is 17.6. The van der Waals surface area contributed by atoms with Crippen molar-refractivity contribution in [1.29, 1.82) is 0 Å². The van der Waals surface area contributed by atoms with Gasteiger partial charge in [0.05, 0.1) is 0 Å². The molecule has 1 amide bonds. The predicted octanol–water partition coefficient (Wildman–Crippen LogP) is 3.44. The summed E-state index contributed by atoms with van der Waals surface area (Å²) >= 11 is 0. The van der Waals surface area contributed by atoms with Gasteiger partial charge in [-0.3, -0.25) is 9.69 Å². The van der Waals surface area contributed by atoms with Gasteiger partial charge in [0.1, 0.15) is 0 Å². The number of carbonyl (C=O) groups is 1. The molecular formula is C21H23N3O. The van der Waals surface area contributed by atoms with Crippen molar-refractivity contribution in [3.8, 4) is 11.1 Å². The Morgan fingerprint density at radius 2 is 1.80 bits per heavy atom. The molecule has 0 bridgehead atoms. The molecule has 0 unspecified atom stereocenters. The van der Waals surface area contributed by atoms with Gasteiger partial charge < -0.3 is 5.73 Å². The Hall–Kier alpha value is -2.62. The second-order valence-electron chi connectivity index (χ2n) is 7.18. The molecule has 0 radical (unpaired) electrons. The Morgan fingerprint density at radius 3 is 2.36 bits per heavy atom. The molecule has 1 saturated carbocycles. The summed E-state index contributed by atoms with van der Waals surface area (Å²) in [6.07, 6.45) is 3.19. The fraction of sp³-hybridized carbons (Fsp3) is 0.333. The van der Waals surface area contributed by atoms with Crippen LogP contribution in [0.25, 0.3) is 11.1 Å². The monoisotopic (exact) mass is 333 g/mol. The van der Waals surface area contributed by atoms with Gasteiger partial charge in [-0.2, -0.15) is 0 Å². The number of guanidine groups is 1. The number of likely N-dealkylation sites (N-methyl/N-ethyl adjacent to an activating group) is 1. The minimum atomic E-state index is -0.850. The second-order valence-corrected chi connectivity index (χ2v) is 7.18. The summed E-state index contributed by atoms with van der Waals surface area (Å²) < 4.78 is 0. The average molecular weight is 333 g/mol. The highest BCUT2D eigenvalue weighted by atomic mass is 16.2. The number of aliphatic imine (C=N–C) groups is 1. The Morgan fingerprint density at radius 1 is 1.12 bits per heavy atom. The van der Waals surface area contributed by atoms with Crippen molar-refractivity contribution in [3.05, 3.63) is 59.7 Å². The summed E-state index contributed by atoms with van der Waals surface area (Å²) in [7, 11) is 1.71. The highest BCUT2D eigenvalue weighted by molar-refractivity contribution is 6.07. The van der Waals surface area contributed by atoms with Gasteiger partial charge in [-0.1, -0.05) is 54.4 Å². The van der Waals surface area contributed by atoms with E-state index in [1.165, 1.54) is 10.5 Å². The Kier molecular flexibility index (Phi) is 3.64. The van der Waals surface area contributed by atoms with Crippen LogP contribution >= 0.6 is 0 Å². The first-order valence-electron chi connectivity index (χ1n) is 8.83. The third-order valence-corrected chi connectivity index (χ3v) is 5.62. The number of hydrogen-bond donors (Lipinski definition) is 1. The van der Waals surface area contributed by atoms with E-state index >= 15 is 0 Å². The van der Waals surface area contributed by atoms with Crippen molar-refractivity contribution in [3.63, 3.8) is 0 Å². The number of carbonyl (C=O) groups excluding carboxylic acids is 1. The van der Waals surface area contributed by atoms with Crippen molar-refractivity contribution >= 4 is 11.9 Å².